The molecule has 0 aliphatic heterocycles. The molecule has 2 aromatic rings. The van der Waals surface area contributed by atoms with Gasteiger partial charge in [-0.1, -0.05) is 6.07 Å². The van der Waals surface area contributed by atoms with Gasteiger partial charge < -0.3 is 4.74 Å². The lowest BCUT2D eigenvalue weighted by Gasteiger charge is -2.07. The Morgan fingerprint density at radius 2 is 1.75 bits per heavy atom. The average molecular weight is 276 g/mol. The standard InChI is InChI=1S/C16H14F2O2/c1-3-20-12-7-5-11(6-8-12)16(19)14-13(17)9-4-10(2)15(14)18/h4-9H,3H2,1-2H3. The molecule has 0 saturated heterocycles. The van der Waals surface area contributed by atoms with Crippen molar-refractivity contribution in [3.8, 4) is 5.75 Å². The van der Waals surface area contributed by atoms with E-state index in [1.54, 1.807) is 12.1 Å². The van der Waals surface area contributed by atoms with Gasteiger partial charge in [-0.15, -0.1) is 0 Å². The minimum absolute atomic E-state index is 0.219. The molecule has 2 nitrogen and oxygen atoms in total. The zero-order valence-corrected chi connectivity index (χ0v) is 11.2. The molecule has 0 radical (unpaired) electrons. The first-order chi connectivity index (χ1) is 9.54. The van der Waals surface area contributed by atoms with Crippen LogP contribution in [-0.2, 0) is 0 Å². The smallest absolute Gasteiger partial charge is 0.198 e. The molecular weight excluding hydrogens is 262 g/mol. The first kappa shape index (κ1) is 14.2. The van der Waals surface area contributed by atoms with Gasteiger partial charge in [0, 0.05) is 5.56 Å². The van der Waals surface area contributed by atoms with Crippen molar-refractivity contribution in [1.29, 1.82) is 0 Å². The molecule has 0 bridgehead atoms. The lowest BCUT2D eigenvalue weighted by Crippen LogP contribution is -2.08. The first-order valence-electron chi connectivity index (χ1n) is 6.26. The predicted molar refractivity (Wildman–Crippen MR) is 72.1 cm³/mol. The van der Waals surface area contributed by atoms with Gasteiger partial charge in [-0.3, -0.25) is 4.79 Å². The Hall–Kier alpha value is -2.23. The van der Waals surface area contributed by atoms with Crippen molar-refractivity contribution in [1.82, 2.24) is 0 Å². The quantitative estimate of drug-likeness (QED) is 0.792. The molecule has 0 saturated carbocycles. The van der Waals surface area contributed by atoms with Crippen LogP contribution < -0.4 is 4.74 Å². The molecule has 0 atom stereocenters. The summed E-state index contributed by atoms with van der Waals surface area (Å²) in [5.74, 6) is -1.74. The molecule has 0 unspecified atom stereocenters. The summed E-state index contributed by atoms with van der Waals surface area (Å²) in [7, 11) is 0. The van der Waals surface area contributed by atoms with Crippen LogP contribution in [0.1, 0.15) is 28.4 Å². The van der Waals surface area contributed by atoms with E-state index in [4.69, 9.17) is 4.74 Å². The van der Waals surface area contributed by atoms with Crippen LogP contribution in [0.25, 0.3) is 0 Å². The second kappa shape index (κ2) is 5.82. The number of aryl methyl sites for hydroxylation is 1. The van der Waals surface area contributed by atoms with Crippen molar-refractivity contribution in [2.75, 3.05) is 6.61 Å². The number of ketones is 1. The number of ether oxygens (including phenoxy) is 1. The van der Waals surface area contributed by atoms with Crippen LogP contribution >= 0.6 is 0 Å². The first-order valence-corrected chi connectivity index (χ1v) is 6.26. The number of carbonyl (C=O) groups is 1. The highest BCUT2D eigenvalue weighted by Gasteiger charge is 2.20. The molecule has 0 spiro atoms. The molecule has 104 valence electrons. The molecule has 0 heterocycles. The molecule has 0 fully saturated rings. The number of hydrogen-bond acceptors (Lipinski definition) is 2. The predicted octanol–water partition coefficient (Wildman–Crippen LogP) is 3.90. The lowest BCUT2D eigenvalue weighted by atomic mass is 10.00. The summed E-state index contributed by atoms with van der Waals surface area (Å²) in [6.07, 6.45) is 0. The largest absolute Gasteiger partial charge is 0.494 e. The third kappa shape index (κ3) is 2.69. The van der Waals surface area contributed by atoms with E-state index in [-0.39, 0.29) is 11.1 Å². The SMILES string of the molecule is CCOc1ccc(C(=O)c2c(F)ccc(C)c2F)cc1. The van der Waals surface area contributed by atoms with Gasteiger partial charge in [-0.05, 0) is 49.7 Å². The summed E-state index contributed by atoms with van der Waals surface area (Å²) < 4.78 is 32.8. The summed E-state index contributed by atoms with van der Waals surface area (Å²) in [4.78, 5) is 12.2. The minimum atomic E-state index is -0.855. The fourth-order valence-corrected chi connectivity index (χ4v) is 1.88. The zero-order valence-electron chi connectivity index (χ0n) is 11.2. The third-order valence-electron chi connectivity index (χ3n) is 2.94. The van der Waals surface area contributed by atoms with Crippen LogP contribution in [0.3, 0.4) is 0 Å². The molecule has 2 rings (SSSR count). The Morgan fingerprint density at radius 1 is 1.10 bits per heavy atom. The highest BCUT2D eigenvalue weighted by atomic mass is 19.1. The Bertz CT molecular complexity index is 634. The van der Waals surface area contributed by atoms with Gasteiger partial charge in [0.25, 0.3) is 0 Å². The van der Waals surface area contributed by atoms with Gasteiger partial charge in [0.2, 0.25) is 0 Å². The van der Waals surface area contributed by atoms with E-state index in [9.17, 15) is 13.6 Å². The van der Waals surface area contributed by atoms with Gasteiger partial charge in [0.05, 0.1) is 12.2 Å². The second-order valence-electron chi connectivity index (χ2n) is 4.34. The molecule has 0 amide bonds. The summed E-state index contributed by atoms with van der Waals surface area (Å²) in [6, 6.07) is 8.59. The number of carbonyl (C=O) groups excluding carboxylic acids is 1. The van der Waals surface area contributed by atoms with Gasteiger partial charge in [0.1, 0.15) is 17.4 Å². The highest BCUT2D eigenvalue weighted by Crippen LogP contribution is 2.21. The molecule has 0 aromatic heterocycles. The zero-order chi connectivity index (χ0) is 14.7. The number of halogens is 2. The topological polar surface area (TPSA) is 26.3 Å². The maximum absolute atomic E-state index is 13.9. The average Bonchev–Trinajstić information content (AvgIpc) is 2.44. The fraction of sp³-hybridized carbons (Fsp3) is 0.188. The van der Waals surface area contributed by atoms with Crippen LogP contribution in [0, 0.1) is 18.6 Å². The van der Waals surface area contributed by atoms with Crippen LogP contribution in [0.4, 0.5) is 8.78 Å². The van der Waals surface area contributed by atoms with Crippen molar-refractivity contribution in [2.24, 2.45) is 0 Å². The van der Waals surface area contributed by atoms with E-state index in [2.05, 4.69) is 0 Å². The molecule has 0 N–H and O–H groups in total. The highest BCUT2D eigenvalue weighted by molar-refractivity contribution is 6.09. The van der Waals surface area contributed by atoms with E-state index in [1.807, 2.05) is 6.92 Å². The Kier molecular flexibility index (Phi) is 4.13. The van der Waals surface area contributed by atoms with Crippen LogP contribution in [0.2, 0.25) is 0 Å². The fourth-order valence-electron chi connectivity index (χ4n) is 1.88. The van der Waals surface area contributed by atoms with Gasteiger partial charge in [0.15, 0.2) is 5.78 Å². The third-order valence-corrected chi connectivity index (χ3v) is 2.94. The number of rotatable bonds is 4. The van der Waals surface area contributed by atoms with Crippen molar-refractivity contribution in [3.05, 3.63) is 64.7 Å². The van der Waals surface area contributed by atoms with Gasteiger partial charge >= 0.3 is 0 Å². The normalized spacial score (nSPS) is 10.4. The van der Waals surface area contributed by atoms with Gasteiger partial charge in [-0.25, -0.2) is 8.78 Å². The monoisotopic (exact) mass is 276 g/mol. The Balaban J connectivity index is 2.39. The van der Waals surface area contributed by atoms with Crippen LogP contribution in [0.15, 0.2) is 36.4 Å². The van der Waals surface area contributed by atoms with Crippen molar-refractivity contribution >= 4 is 5.78 Å². The Labute approximate surface area is 116 Å². The lowest BCUT2D eigenvalue weighted by molar-refractivity contribution is 0.103. The van der Waals surface area contributed by atoms with E-state index in [0.717, 1.165) is 6.07 Å². The maximum atomic E-state index is 13.9. The molecule has 2 aromatic carbocycles. The molecule has 20 heavy (non-hydrogen) atoms. The molecular formula is C16H14F2O2. The Morgan fingerprint density at radius 3 is 2.35 bits per heavy atom. The van der Waals surface area contributed by atoms with Gasteiger partial charge in [-0.2, -0.15) is 0 Å². The van der Waals surface area contributed by atoms with E-state index in [1.165, 1.54) is 25.1 Å². The van der Waals surface area contributed by atoms with Crippen LogP contribution in [0.5, 0.6) is 5.75 Å². The van der Waals surface area contributed by atoms with Crippen molar-refractivity contribution < 1.29 is 18.3 Å². The molecule has 0 aliphatic carbocycles. The maximum Gasteiger partial charge on any atom is 0.198 e. The molecule has 4 heteroatoms. The summed E-state index contributed by atoms with van der Waals surface area (Å²) in [5, 5.41) is 0. The van der Waals surface area contributed by atoms with Crippen LogP contribution in [-0.4, -0.2) is 12.4 Å². The van der Waals surface area contributed by atoms with Crippen molar-refractivity contribution in [3.63, 3.8) is 0 Å². The minimum Gasteiger partial charge on any atom is -0.494 e. The van der Waals surface area contributed by atoms with E-state index in [0.29, 0.717) is 12.4 Å². The molecule has 0 aliphatic rings. The van der Waals surface area contributed by atoms with E-state index < -0.39 is 23.0 Å². The number of benzene rings is 2. The van der Waals surface area contributed by atoms with E-state index >= 15 is 0 Å². The summed E-state index contributed by atoms with van der Waals surface area (Å²) in [6.45, 7) is 3.84. The summed E-state index contributed by atoms with van der Waals surface area (Å²) in [5.41, 5.74) is -0.0632. The van der Waals surface area contributed by atoms with Crippen molar-refractivity contribution in [2.45, 2.75) is 13.8 Å². The summed E-state index contributed by atoms with van der Waals surface area (Å²) >= 11 is 0. The number of hydrogen-bond donors (Lipinski definition) is 0. The second-order valence-corrected chi connectivity index (χ2v) is 4.34.